The number of nitrogens with one attached hydrogen (secondary N) is 1. The fourth-order valence-corrected chi connectivity index (χ4v) is 5.14. The molecule has 0 saturated carbocycles. The van der Waals surface area contributed by atoms with E-state index in [1.54, 1.807) is 44.3 Å². The molecule has 2 atom stereocenters. The van der Waals surface area contributed by atoms with E-state index in [0.717, 1.165) is 0 Å². The van der Waals surface area contributed by atoms with Gasteiger partial charge in [-0.05, 0) is 42.7 Å². The van der Waals surface area contributed by atoms with Gasteiger partial charge in [0.15, 0.2) is 11.2 Å². The molecule has 1 saturated heterocycles. The minimum absolute atomic E-state index is 0.0741. The van der Waals surface area contributed by atoms with Crippen LogP contribution in [0.1, 0.15) is 39.7 Å². The maximum absolute atomic E-state index is 15.3. The van der Waals surface area contributed by atoms with E-state index >= 15 is 4.39 Å². The molecule has 3 aromatic rings. The first-order chi connectivity index (χ1) is 19.8. The van der Waals surface area contributed by atoms with Crippen LogP contribution in [-0.4, -0.2) is 65.3 Å². The molecule has 0 spiro atoms. The lowest BCUT2D eigenvalue weighted by molar-refractivity contribution is -0.166. The van der Waals surface area contributed by atoms with Gasteiger partial charge >= 0.3 is 11.8 Å². The van der Waals surface area contributed by atoms with Crippen LogP contribution < -0.4 is 16.8 Å². The number of primary amides is 1. The molecule has 1 aromatic heterocycles. The lowest BCUT2D eigenvalue weighted by atomic mass is 9.74. The minimum Gasteiger partial charge on any atom is -0.450 e. The number of benzene rings is 2. The molecule has 1 aliphatic heterocycles. The summed E-state index contributed by atoms with van der Waals surface area (Å²) >= 11 is 0. The second-order valence-electron chi connectivity index (χ2n) is 11.5. The van der Waals surface area contributed by atoms with Gasteiger partial charge in [-0.15, -0.1) is 0 Å². The molecule has 11 nitrogen and oxygen atoms in total. The van der Waals surface area contributed by atoms with E-state index in [1.165, 1.54) is 15.5 Å². The van der Waals surface area contributed by atoms with Crippen LogP contribution in [-0.2, 0) is 32.5 Å². The second-order valence-corrected chi connectivity index (χ2v) is 11.5. The highest BCUT2D eigenvalue weighted by Crippen LogP contribution is 2.37. The fraction of sp³-hybridized carbons (Fsp3) is 0.467. The zero-order valence-electron chi connectivity index (χ0n) is 24.5. The number of oxazole rings is 1. The van der Waals surface area contributed by atoms with E-state index in [-0.39, 0.29) is 31.7 Å². The van der Waals surface area contributed by atoms with Crippen molar-refractivity contribution in [2.75, 3.05) is 26.3 Å². The number of amides is 3. The van der Waals surface area contributed by atoms with E-state index in [2.05, 4.69) is 5.32 Å². The fourth-order valence-electron chi connectivity index (χ4n) is 5.14. The predicted octanol–water partition coefficient (Wildman–Crippen LogP) is 3.11. The summed E-state index contributed by atoms with van der Waals surface area (Å²) in [6, 6.07) is 8.20. The molecule has 3 amide bonds. The number of carbonyl (C=O) groups is 3. The molecule has 0 aliphatic carbocycles. The van der Waals surface area contributed by atoms with Crippen LogP contribution in [0.25, 0.3) is 22.2 Å². The van der Waals surface area contributed by atoms with Gasteiger partial charge in [-0.1, -0.05) is 39.0 Å². The third kappa shape index (κ3) is 6.03. The maximum atomic E-state index is 15.3. The van der Waals surface area contributed by atoms with Crippen molar-refractivity contribution in [2.24, 2.45) is 18.2 Å². The molecule has 0 bridgehead atoms. The van der Waals surface area contributed by atoms with Crippen molar-refractivity contribution in [3.05, 3.63) is 58.3 Å². The highest BCUT2D eigenvalue weighted by Gasteiger charge is 2.53. The largest absolute Gasteiger partial charge is 0.450 e. The van der Waals surface area contributed by atoms with Crippen LogP contribution in [0.15, 0.2) is 45.6 Å². The van der Waals surface area contributed by atoms with Crippen LogP contribution in [0, 0.1) is 11.2 Å². The number of hydrogen-bond donors (Lipinski definition) is 2. The molecule has 2 aromatic carbocycles. The van der Waals surface area contributed by atoms with Gasteiger partial charge in [0.25, 0.3) is 5.91 Å². The Bertz CT molecular complexity index is 1560. The number of halogens is 1. The Morgan fingerprint density at radius 1 is 1.19 bits per heavy atom. The SMILES string of the molecule is CCOC(=O)N1CCCO[C@@](C(=O)N[C@@H](Cc2ccc(-c3ccc4oc(=O)n(C)c4c3)c(F)c2)C(N)=O)(C(C)(C)C)C1. The minimum atomic E-state index is -1.51. The summed E-state index contributed by atoms with van der Waals surface area (Å²) in [7, 11) is 1.56. The first-order valence-electron chi connectivity index (χ1n) is 13.8. The van der Waals surface area contributed by atoms with Crippen LogP contribution in [0.5, 0.6) is 0 Å². The van der Waals surface area contributed by atoms with Gasteiger partial charge in [0, 0.05) is 37.6 Å². The van der Waals surface area contributed by atoms with Crippen molar-refractivity contribution in [1.82, 2.24) is 14.8 Å². The zero-order chi connectivity index (χ0) is 30.8. The average molecular weight is 585 g/mol. The van der Waals surface area contributed by atoms with Crippen LogP contribution >= 0.6 is 0 Å². The summed E-state index contributed by atoms with van der Waals surface area (Å²) in [5.41, 5.74) is 5.53. The first-order valence-corrected chi connectivity index (χ1v) is 13.8. The molecule has 42 heavy (non-hydrogen) atoms. The molecule has 0 unspecified atom stereocenters. The van der Waals surface area contributed by atoms with Crippen molar-refractivity contribution >= 4 is 29.0 Å². The van der Waals surface area contributed by atoms with E-state index in [1.807, 2.05) is 20.8 Å². The van der Waals surface area contributed by atoms with Gasteiger partial charge in [-0.3, -0.25) is 14.2 Å². The average Bonchev–Trinajstić information content (AvgIpc) is 3.07. The standard InChI is InChI=1S/C30H37FN4O7/c1-6-40-28(39)35-12-7-13-41-30(17-35,29(2,3)4)26(37)33-22(25(32)36)15-18-8-10-20(21(31)14-18)19-9-11-24-23(16-19)34(5)27(38)42-24/h8-11,14,16,22H,6-7,12-13,15,17H2,1-5H3,(H2,32,36)(H,33,37)/t22-,30-/m0/s1. The monoisotopic (exact) mass is 584 g/mol. The number of nitrogens with two attached hydrogens (primary N) is 1. The van der Waals surface area contributed by atoms with E-state index in [4.69, 9.17) is 19.6 Å². The molecular weight excluding hydrogens is 547 g/mol. The first kappa shape index (κ1) is 30.8. The van der Waals surface area contributed by atoms with Crippen molar-refractivity contribution < 1.29 is 32.7 Å². The normalized spacial score (nSPS) is 18.4. The quantitative estimate of drug-likeness (QED) is 0.434. The Kier molecular flexibility index (Phi) is 8.76. The topological polar surface area (TPSA) is 146 Å². The van der Waals surface area contributed by atoms with Crippen molar-refractivity contribution in [3.8, 4) is 11.1 Å². The van der Waals surface area contributed by atoms with Crippen molar-refractivity contribution in [2.45, 2.75) is 52.2 Å². The Balaban J connectivity index is 1.58. The Labute approximate surface area is 242 Å². The van der Waals surface area contributed by atoms with Gasteiger partial charge in [-0.2, -0.15) is 0 Å². The van der Waals surface area contributed by atoms with Crippen molar-refractivity contribution in [3.63, 3.8) is 0 Å². The molecule has 0 radical (unpaired) electrons. The Morgan fingerprint density at radius 2 is 1.93 bits per heavy atom. The Hall–Kier alpha value is -4.19. The highest BCUT2D eigenvalue weighted by atomic mass is 19.1. The smallest absolute Gasteiger partial charge is 0.419 e. The third-order valence-corrected chi connectivity index (χ3v) is 7.66. The van der Waals surface area contributed by atoms with E-state index in [0.29, 0.717) is 35.2 Å². The highest BCUT2D eigenvalue weighted by molar-refractivity contribution is 5.92. The molecular formula is C30H37FN4O7. The summed E-state index contributed by atoms with van der Waals surface area (Å²) in [5, 5.41) is 2.71. The molecule has 2 heterocycles. The lowest BCUT2D eigenvalue weighted by Crippen LogP contribution is -2.65. The molecule has 226 valence electrons. The molecule has 1 aliphatic rings. The van der Waals surface area contributed by atoms with Gasteiger partial charge < -0.3 is 29.8 Å². The number of nitrogens with zero attached hydrogens (tertiary/aromatic N) is 2. The summed E-state index contributed by atoms with van der Waals surface area (Å²) < 4.78 is 33.1. The van der Waals surface area contributed by atoms with E-state index in [9.17, 15) is 19.2 Å². The molecule has 3 N–H and O–H groups in total. The number of fused-ring (bicyclic) bond motifs is 1. The Morgan fingerprint density at radius 3 is 2.57 bits per heavy atom. The zero-order valence-corrected chi connectivity index (χ0v) is 24.5. The molecule has 1 fully saturated rings. The number of aryl methyl sites for hydroxylation is 1. The summed E-state index contributed by atoms with van der Waals surface area (Å²) in [4.78, 5) is 52.2. The number of hydrogen-bond acceptors (Lipinski definition) is 7. The summed E-state index contributed by atoms with van der Waals surface area (Å²) in [6.07, 6.45) is -0.130. The summed E-state index contributed by atoms with van der Waals surface area (Å²) in [6.45, 7) is 7.80. The number of ether oxygens (including phenoxy) is 2. The lowest BCUT2D eigenvalue weighted by Gasteiger charge is -2.44. The van der Waals surface area contributed by atoms with Crippen molar-refractivity contribution in [1.29, 1.82) is 0 Å². The molecule has 4 rings (SSSR count). The number of aromatic nitrogens is 1. The predicted molar refractivity (Wildman–Crippen MR) is 153 cm³/mol. The van der Waals surface area contributed by atoms with Gasteiger partial charge in [0.1, 0.15) is 11.9 Å². The van der Waals surface area contributed by atoms with Crippen LogP contribution in [0.3, 0.4) is 0 Å². The van der Waals surface area contributed by atoms with Crippen LogP contribution in [0.2, 0.25) is 0 Å². The number of rotatable bonds is 7. The molecule has 12 heteroatoms. The van der Waals surface area contributed by atoms with Gasteiger partial charge in [0.05, 0.1) is 18.7 Å². The number of carbonyl (C=O) groups excluding carboxylic acids is 3. The second kappa shape index (κ2) is 12.0. The third-order valence-electron chi connectivity index (χ3n) is 7.66. The maximum Gasteiger partial charge on any atom is 0.419 e. The summed E-state index contributed by atoms with van der Waals surface area (Å²) in [5.74, 6) is -2.49. The van der Waals surface area contributed by atoms with Gasteiger partial charge in [-0.25, -0.2) is 14.0 Å². The van der Waals surface area contributed by atoms with Gasteiger partial charge in [0.2, 0.25) is 5.91 Å². The van der Waals surface area contributed by atoms with Crippen LogP contribution in [0.4, 0.5) is 9.18 Å². The van der Waals surface area contributed by atoms with E-state index < -0.39 is 46.5 Å².